The molecule has 3 rings (SSSR count). The Morgan fingerprint density at radius 3 is 2.43 bits per heavy atom. The first-order valence-electron chi connectivity index (χ1n) is 8.99. The number of morpholine rings is 1. The molecule has 1 heterocycles. The molecule has 0 bridgehead atoms. The second kappa shape index (κ2) is 10.4. The zero-order valence-corrected chi connectivity index (χ0v) is 16.6. The van der Waals surface area contributed by atoms with Crippen molar-refractivity contribution in [1.29, 1.82) is 0 Å². The molecule has 0 amide bonds. The van der Waals surface area contributed by atoms with E-state index >= 15 is 0 Å². The fraction of sp³-hybridized carbons (Fsp3) is 0.400. The molecule has 1 fully saturated rings. The van der Waals surface area contributed by atoms with E-state index in [1.807, 2.05) is 37.4 Å². The fourth-order valence-corrected chi connectivity index (χ4v) is 3.17. The first-order valence-corrected chi connectivity index (χ1v) is 8.99. The molecule has 0 N–H and O–H groups in total. The number of ether oxygens (including phenoxy) is 2. The maximum absolute atomic E-state index is 10.3. The van der Waals surface area contributed by atoms with Crippen LogP contribution in [0.15, 0.2) is 54.6 Å². The standard InChI is InChI=1S/C20H24N2O5.ClH/c1-21-12-15-26-20(16-21,25-13-5-14-27-22(23)24)19-10-8-18(9-11-19)17-6-3-2-4-7-17;/h2-4,6-11H,5,12-16H2,1H3;1H. The molecule has 8 heteroatoms. The van der Waals surface area contributed by atoms with Crippen molar-refractivity contribution >= 4 is 12.4 Å². The summed E-state index contributed by atoms with van der Waals surface area (Å²) in [6.07, 6.45) is 0.415. The van der Waals surface area contributed by atoms with E-state index in [0.717, 1.165) is 23.2 Å². The second-order valence-corrected chi connectivity index (χ2v) is 6.54. The summed E-state index contributed by atoms with van der Waals surface area (Å²) in [6.45, 7) is 2.29. The monoisotopic (exact) mass is 408 g/mol. The van der Waals surface area contributed by atoms with Crippen LogP contribution in [-0.2, 0) is 20.1 Å². The quantitative estimate of drug-likeness (QED) is 0.378. The highest BCUT2D eigenvalue weighted by Gasteiger charge is 2.38. The minimum Gasteiger partial charge on any atom is -0.345 e. The van der Waals surface area contributed by atoms with Crippen LogP contribution in [0, 0.1) is 10.1 Å². The van der Waals surface area contributed by atoms with Gasteiger partial charge in [0, 0.05) is 12.1 Å². The van der Waals surface area contributed by atoms with Crippen molar-refractivity contribution in [3.63, 3.8) is 0 Å². The molecular weight excluding hydrogens is 384 g/mol. The zero-order chi connectivity index (χ0) is 19.1. The van der Waals surface area contributed by atoms with Crippen LogP contribution in [0.25, 0.3) is 11.1 Å². The van der Waals surface area contributed by atoms with Gasteiger partial charge in [-0.15, -0.1) is 22.5 Å². The third kappa shape index (κ3) is 5.65. The van der Waals surface area contributed by atoms with Crippen molar-refractivity contribution in [2.75, 3.05) is 40.0 Å². The number of hydrogen-bond donors (Lipinski definition) is 0. The summed E-state index contributed by atoms with van der Waals surface area (Å²) in [7, 11) is 2.02. The average Bonchev–Trinajstić information content (AvgIpc) is 2.68. The van der Waals surface area contributed by atoms with E-state index in [2.05, 4.69) is 34.0 Å². The SMILES string of the molecule is CN1CCOC(OCCCO[N+](=O)[O-])(c2ccc(-c3ccccc3)cc2)C1.Cl. The maximum atomic E-state index is 10.3. The third-order valence-corrected chi connectivity index (χ3v) is 4.54. The molecule has 7 nitrogen and oxygen atoms in total. The number of nitrogens with zero attached hydrogens (tertiary/aromatic N) is 2. The Morgan fingerprint density at radius 1 is 1.11 bits per heavy atom. The van der Waals surface area contributed by atoms with E-state index in [1.165, 1.54) is 0 Å². The normalized spacial score (nSPS) is 19.6. The summed E-state index contributed by atoms with van der Waals surface area (Å²) in [4.78, 5) is 16.8. The van der Waals surface area contributed by atoms with E-state index in [-0.39, 0.29) is 19.0 Å². The van der Waals surface area contributed by atoms with Crippen molar-refractivity contribution in [2.24, 2.45) is 0 Å². The number of likely N-dealkylation sites (N-methyl/N-ethyl adjacent to an activating group) is 1. The molecule has 152 valence electrons. The Kier molecular flexibility index (Phi) is 8.19. The number of benzene rings is 2. The second-order valence-electron chi connectivity index (χ2n) is 6.54. The highest BCUT2D eigenvalue weighted by atomic mass is 35.5. The van der Waals surface area contributed by atoms with Gasteiger partial charge in [-0.3, -0.25) is 4.90 Å². The minimum atomic E-state index is -0.878. The summed E-state index contributed by atoms with van der Waals surface area (Å²) in [5.74, 6) is -0.878. The fourth-order valence-electron chi connectivity index (χ4n) is 3.17. The summed E-state index contributed by atoms with van der Waals surface area (Å²) >= 11 is 0. The van der Waals surface area contributed by atoms with E-state index in [4.69, 9.17) is 9.47 Å². The van der Waals surface area contributed by atoms with Gasteiger partial charge in [-0.05, 0) is 24.6 Å². The van der Waals surface area contributed by atoms with Crippen LogP contribution >= 0.6 is 12.4 Å². The lowest BCUT2D eigenvalue weighted by Gasteiger charge is -2.41. The van der Waals surface area contributed by atoms with Crippen LogP contribution < -0.4 is 0 Å². The molecule has 0 aromatic heterocycles. The Labute approximate surface area is 170 Å². The van der Waals surface area contributed by atoms with Gasteiger partial charge in [-0.2, -0.15) is 0 Å². The molecule has 1 atom stereocenters. The predicted octanol–water partition coefficient (Wildman–Crippen LogP) is 3.51. The largest absolute Gasteiger partial charge is 0.345 e. The van der Waals surface area contributed by atoms with Gasteiger partial charge in [0.25, 0.3) is 5.09 Å². The Morgan fingerprint density at radius 2 is 1.79 bits per heavy atom. The summed E-state index contributed by atoms with van der Waals surface area (Å²) in [5, 5.41) is 9.46. The maximum Gasteiger partial charge on any atom is 0.294 e. The number of rotatable bonds is 8. The Bertz CT molecular complexity index is 744. The summed E-state index contributed by atoms with van der Waals surface area (Å²) in [6, 6.07) is 18.3. The average molecular weight is 409 g/mol. The third-order valence-electron chi connectivity index (χ3n) is 4.54. The lowest BCUT2D eigenvalue weighted by Crippen LogP contribution is -2.50. The van der Waals surface area contributed by atoms with E-state index in [0.29, 0.717) is 26.2 Å². The van der Waals surface area contributed by atoms with E-state index in [1.54, 1.807) is 0 Å². The van der Waals surface area contributed by atoms with Crippen molar-refractivity contribution in [3.8, 4) is 11.1 Å². The highest BCUT2D eigenvalue weighted by molar-refractivity contribution is 5.85. The van der Waals surface area contributed by atoms with Gasteiger partial charge in [0.05, 0.1) is 26.4 Å². The lowest BCUT2D eigenvalue weighted by atomic mass is 9.99. The van der Waals surface area contributed by atoms with Crippen LogP contribution in [0.3, 0.4) is 0 Å². The smallest absolute Gasteiger partial charge is 0.294 e. The zero-order valence-electron chi connectivity index (χ0n) is 15.8. The minimum absolute atomic E-state index is 0. The highest BCUT2D eigenvalue weighted by Crippen LogP contribution is 2.32. The van der Waals surface area contributed by atoms with Gasteiger partial charge >= 0.3 is 0 Å². The molecule has 0 aliphatic carbocycles. The first kappa shape index (κ1) is 22.1. The molecule has 28 heavy (non-hydrogen) atoms. The topological polar surface area (TPSA) is 74.1 Å². The van der Waals surface area contributed by atoms with Gasteiger partial charge in [-0.1, -0.05) is 54.6 Å². The predicted molar refractivity (Wildman–Crippen MR) is 108 cm³/mol. The molecular formula is C20H25ClN2O5. The van der Waals surface area contributed by atoms with Crippen LogP contribution in [0.5, 0.6) is 0 Å². The molecule has 1 aliphatic heterocycles. The summed E-state index contributed by atoms with van der Waals surface area (Å²) < 4.78 is 12.1. The first-order chi connectivity index (χ1) is 13.1. The molecule has 0 radical (unpaired) electrons. The van der Waals surface area contributed by atoms with Gasteiger partial charge in [0.2, 0.25) is 5.79 Å². The van der Waals surface area contributed by atoms with Crippen molar-refractivity contribution in [1.82, 2.24) is 4.90 Å². The van der Waals surface area contributed by atoms with Gasteiger partial charge in [-0.25, -0.2) is 0 Å². The van der Waals surface area contributed by atoms with Crippen LogP contribution in [0.1, 0.15) is 12.0 Å². The number of hydrogen-bond acceptors (Lipinski definition) is 6. The van der Waals surface area contributed by atoms with Crippen molar-refractivity contribution < 1.29 is 19.4 Å². The van der Waals surface area contributed by atoms with Crippen LogP contribution in [0.2, 0.25) is 0 Å². The number of halogens is 1. The molecule has 2 aromatic rings. The lowest BCUT2D eigenvalue weighted by molar-refractivity contribution is -0.757. The van der Waals surface area contributed by atoms with Crippen LogP contribution in [-0.4, -0.2) is 49.9 Å². The molecule has 1 unspecified atom stereocenters. The molecule has 0 saturated carbocycles. The Hall–Kier alpha value is -2.19. The van der Waals surface area contributed by atoms with E-state index < -0.39 is 10.9 Å². The Balaban J connectivity index is 0.00000280. The molecule has 1 aliphatic rings. The van der Waals surface area contributed by atoms with Crippen molar-refractivity contribution in [3.05, 3.63) is 70.3 Å². The molecule has 1 saturated heterocycles. The van der Waals surface area contributed by atoms with Crippen LogP contribution in [0.4, 0.5) is 0 Å². The van der Waals surface area contributed by atoms with Gasteiger partial charge in [0.15, 0.2) is 0 Å². The van der Waals surface area contributed by atoms with Gasteiger partial charge < -0.3 is 14.3 Å². The molecule has 2 aromatic carbocycles. The molecule has 0 spiro atoms. The summed E-state index contributed by atoms with van der Waals surface area (Å²) in [5.41, 5.74) is 3.21. The van der Waals surface area contributed by atoms with Crippen molar-refractivity contribution in [2.45, 2.75) is 12.2 Å². The van der Waals surface area contributed by atoms with E-state index in [9.17, 15) is 10.1 Å². The van der Waals surface area contributed by atoms with Gasteiger partial charge in [0.1, 0.15) is 0 Å².